The summed E-state index contributed by atoms with van der Waals surface area (Å²) in [6.07, 6.45) is 2.08. The number of aromatic nitrogens is 2. The Balaban J connectivity index is 2.03. The smallest absolute Gasteiger partial charge is 0.277 e. The van der Waals surface area contributed by atoms with Crippen molar-refractivity contribution in [3.8, 4) is 0 Å². The number of carbonyl (C=O) groups excluding carboxylic acids is 1. The van der Waals surface area contributed by atoms with E-state index < -0.39 is 0 Å². The van der Waals surface area contributed by atoms with Gasteiger partial charge in [0.05, 0.1) is 6.33 Å². The summed E-state index contributed by atoms with van der Waals surface area (Å²) in [5.74, 6) is -0.233. The molecule has 0 bridgehead atoms. The molecule has 1 aliphatic rings. The van der Waals surface area contributed by atoms with Gasteiger partial charge in [-0.25, -0.2) is 4.98 Å². The fourth-order valence-corrected chi connectivity index (χ4v) is 2.48. The van der Waals surface area contributed by atoms with E-state index >= 15 is 0 Å². The highest BCUT2D eigenvalue weighted by atomic mass is 16.2. The summed E-state index contributed by atoms with van der Waals surface area (Å²) in [5.41, 5.74) is 1.90. The first-order valence-electron chi connectivity index (χ1n) is 6.13. The number of aromatic amines is 1. The molecule has 1 aliphatic heterocycles. The van der Waals surface area contributed by atoms with Gasteiger partial charge in [0.1, 0.15) is 5.69 Å². The van der Waals surface area contributed by atoms with Crippen molar-refractivity contribution in [3.63, 3.8) is 0 Å². The first kappa shape index (κ1) is 11.6. The molecular weight excluding hydrogens is 242 g/mol. The predicted octanol–water partition coefficient (Wildman–Crippen LogP) is 1.36. The third-order valence-corrected chi connectivity index (χ3v) is 3.32. The van der Waals surface area contributed by atoms with Crippen LogP contribution in [-0.2, 0) is 6.42 Å². The molecule has 2 aromatic rings. The van der Waals surface area contributed by atoms with Crippen LogP contribution >= 0.6 is 0 Å². The molecule has 3 rings (SSSR count). The van der Waals surface area contributed by atoms with Gasteiger partial charge in [0.15, 0.2) is 0 Å². The van der Waals surface area contributed by atoms with E-state index in [4.69, 9.17) is 0 Å². The van der Waals surface area contributed by atoms with Crippen LogP contribution in [-0.4, -0.2) is 21.9 Å². The zero-order chi connectivity index (χ0) is 13.4. The first-order valence-corrected chi connectivity index (χ1v) is 6.13. The Kier molecular flexibility index (Phi) is 2.67. The van der Waals surface area contributed by atoms with Gasteiger partial charge < -0.3 is 9.88 Å². The molecule has 1 aromatic carbocycles. The molecule has 1 N–H and O–H groups in total. The number of rotatable bonds is 1. The Bertz CT molecular complexity index is 693. The standard InChI is InChI=1S/C14H13N3O2/c1-9-6-10-4-2-3-5-12(10)17(9)14(19)11-7-13(18)16-8-15-11/h2-5,7-9H,6H2,1H3,(H,15,16,18). The summed E-state index contributed by atoms with van der Waals surface area (Å²) in [6, 6.07) is 9.11. The fourth-order valence-electron chi connectivity index (χ4n) is 2.48. The molecule has 19 heavy (non-hydrogen) atoms. The van der Waals surface area contributed by atoms with Crippen LogP contribution in [0.1, 0.15) is 23.0 Å². The molecule has 0 radical (unpaired) electrons. The number of nitrogens with one attached hydrogen (secondary N) is 1. The Labute approximate surface area is 109 Å². The zero-order valence-corrected chi connectivity index (χ0v) is 10.5. The van der Waals surface area contributed by atoms with E-state index in [-0.39, 0.29) is 23.2 Å². The van der Waals surface area contributed by atoms with Gasteiger partial charge in [-0.05, 0) is 25.0 Å². The van der Waals surface area contributed by atoms with Crippen LogP contribution in [0.2, 0.25) is 0 Å². The van der Waals surface area contributed by atoms with Crippen LogP contribution in [0.3, 0.4) is 0 Å². The summed E-state index contributed by atoms with van der Waals surface area (Å²) < 4.78 is 0. The van der Waals surface area contributed by atoms with E-state index in [1.54, 1.807) is 4.90 Å². The minimum atomic E-state index is -0.321. The molecule has 1 atom stereocenters. The fraction of sp³-hybridized carbons (Fsp3) is 0.214. The van der Waals surface area contributed by atoms with E-state index in [1.807, 2.05) is 31.2 Å². The maximum atomic E-state index is 12.5. The minimum Gasteiger partial charge on any atom is -0.313 e. The van der Waals surface area contributed by atoms with Crippen LogP contribution < -0.4 is 10.5 Å². The molecule has 2 heterocycles. The van der Waals surface area contributed by atoms with Crippen LogP contribution in [0.5, 0.6) is 0 Å². The van der Waals surface area contributed by atoms with Crippen molar-refractivity contribution in [2.75, 3.05) is 4.90 Å². The van der Waals surface area contributed by atoms with Gasteiger partial charge in [0.2, 0.25) is 0 Å². The third-order valence-electron chi connectivity index (χ3n) is 3.32. The van der Waals surface area contributed by atoms with Crippen molar-refractivity contribution >= 4 is 11.6 Å². The van der Waals surface area contributed by atoms with Crippen molar-refractivity contribution in [2.24, 2.45) is 0 Å². The minimum absolute atomic E-state index is 0.0750. The SMILES string of the molecule is CC1Cc2ccccc2N1C(=O)c1cc(=O)[nH]cn1. The van der Waals surface area contributed by atoms with Gasteiger partial charge in [0.25, 0.3) is 11.5 Å². The number of carbonyl (C=O) groups is 1. The summed E-state index contributed by atoms with van der Waals surface area (Å²) in [5, 5.41) is 0. The molecule has 5 heteroatoms. The Morgan fingerprint density at radius 3 is 3.00 bits per heavy atom. The highest BCUT2D eigenvalue weighted by molar-refractivity contribution is 6.06. The van der Waals surface area contributed by atoms with Gasteiger partial charge in [-0.2, -0.15) is 0 Å². The number of para-hydroxylation sites is 1. The van der Waals surface area contributed by atoms with E-state index in [0.29, 0.717) is 0 Å². The lowest BCUT2D eigenvalue weighted by molar-refractivity contribution is 0.0976. The highest BCUT2D eigenvalue weighted by Crippen LogP contribution is 2.32. The number of anilines is 1. The molecule has 0 fully saturated rings. The maximum absolute atomic E-state index is 12.5. The number of benzene rings is 1. The average molecular weight is 255 g/mol. The topological polar surface area (TPSA) is 66.1 Å². The number of fused-ring (bicyclic) bond motifs is 1. The second-order valence-electron chi connectivity index (χ2n) is 4.65. The van der Waals surface area contributed by atoms with Crippen LogP contribution in [0, 0.1) is 0 Å². The summed E-state index contributed by atoms with van der Waals surface area (Å²) in [6.45, 7) is 1.99. The van der Waals surface area contributed by atoms with Crippen molar-refractivity contribution in [1.82, 2.24) is 9.97 Å². The van der Waals surface area contributed by atoms with Crippen LogP contribution in [0.25, 0.3) is 0 Å². The number of hydrogen-bond acceptors (Lipinski definition) is 3. The van der Waals surface area contributed by atoms with Crippen LogP contribution in [0.15, 0.2) is 41.5 Å². The summed E-state index contributed by atoms with van der Waals surface area (Å²) in [7, 11) is 0. The number of nitrogens with zero attached hydrogens (tertiary/aromatic N) is 2. The normalized spacial score (nSPS) is 17.3. The second kappa shape index (κ2) is 4.35. The quantitative estimate of drug-likeness (QED) is 0.836. The molecule has 1 unspecified atom stereocenters. The van der Waals surface area contributed by atoms with Gasteiger partial charge in [0, 0.05) is 17.8 Å². The lowest BCUT2D eigenvalue weighted by Crippen LogP contribution is -2.36. The second-order valence-corrected chi connectivity index (χ2v) is 4.65. The van der Waals surface area contributed by atoms with Crippen molar-refractivity contribution < 1.29 is 4.79 Å². The van der Waals surface area contributed by atoms with Crippen molar-refractivity contribution in [1.29, 1.82) is 0 Å². The Hall–Kier alpha value is -2.43. The Morgan fingerprint density at radius 1 is 1.42 bits per heavy atom. The van der Waals surface area contributed by atoms with E-state index in [2.05, 4.69) is 9.97 Å². The van der Waals surface area contributed by atoms with Crippen molar-refractivity contribution in [2.45, 2.75) is 19.4 Å². The predicted molar refractivity (Wildman–Crippen MR) is 71.3 cm³/mol. The van der Waals surface area contributed by atoms with Crippen molar-refractivity contribution in [3.05, 3.63) is 58.3 Å². The molecule has 0 aliphatic carbocycles. The largest absolute Gasteiger partial charge is 0.313 e. The van der Waals surface area contributed by atoms with Crippen LogP contribution in [0.4, 0.5) is 5.69 Å². The maximum Gasteiger partial charge on any atom is 0.277 e. The third kappa shape index (κ3) is 1.93. The molecule has 0 saturated heterocycles. The van der Waals surface area contributed by atoms with E-state index in [0.717, 1.165) is 17.7 Å². The number of amides is 1. The number of hydrogen-bond donors (Lipinski definition) is 1. The van der Waals surface area contributed by atoms with Gasteiger partial charge >= 0.3 is 0 Å². The van der Waals surface area contributed by atoms with E-state index in [9.17, 15) is 9.59 Å². The lowest BCUT2D eigenvalue weighted by atomic mass is 10.1. The molecule has 96 valence electrons. The molecule has 0 saturated carbocycles. The molecule has 1 aromatic heterocycles. The number of H-pyrrole nitrogens is 1. The average Bonchev–Trinajstić information content (AvgIpc) is 2.74. The highest BCUT2D eigenvalue weighted by Gasteiger charge is 2.31. The van der Waals surface area contributed by atoms with Gasteiger partial charge in [-0.1, -0.05) is 18.2 Å². The zero-order valence-electron chi connectivity index (χ0n) is 10.5. The molecule has 0 spiro atoms. The Morgan fingerprint density at radius 2 is 2.21 bits per heavy atom. The summed E-state index contributed by atoms with van der Waals surface area (Å²) in [4.78, 5) is 31.8. The molecule has 1 amide bonds. The van der Waals surface area contributed by atoms with E-state index in [1.165, 1.54) is 12.4 Å². The van der Waals surface area contributed by atoms with Gasteiger partial charge in [-0.3, -0.25) is 9.59 Å². The summed E-state index contributed by atoms with van der Waals surface area (Å²) >= 11 is 0. The molecular formula is C14H13N3O2. The monoisotopic (exact) mass is 255 g/mol. The molecule has 5 nitrogen and oxygen atoms in total. The van der Waals surface area contributed by atoms with Gasteiger partial charge in [-0.15, -0.1) is 0 Å². The lowest BCUT2D eigenvalue weighted by Gasteiger charge is -2.22. The first-order chi connectivity index (χ1) is 9.16.